The summed E-state index contributed by atoms with van der Waals surface area (Å²) in [5, 5.41) is 12.5. The maximum Gasteiger partial charge on any atom is 0.336 e. The Morgan fingerprint density at radius 1 is 0.750 bits per heavy atom. The Labute approximate surface area is 190 Å². The van der Waals surface area contributed by atoms with Crippen LogP contribution < -0.4 is 27.3 Å². The molecule has 176 valence electrons. The summed E-state index contributed by atoms with van der Waals surface area (Å²) in [6.07, 6.45) is 4.50. The summed E-state index contributed by atoms with van der Waals surface area (Å²) < 4.78 is 11.6. The highest BCUT2D eigenvalue weighted by molar-refractivity contribution is 5.99. The number of furan rings is 1. The second-order valence-corrected chi connectivity index (χ2v) is 8.53. The summed E-state index contributed by atoms with van der Waals surface area (Å²) >= 11 is 0. The standard InChI is InChI=1S/C25H38N4O3/c1-17-14-23(30)32-24-19(3)25-21(15-20(17)24)18(2)22(31-25)16-29-13-7-12-28-10-5-4-9-27-11-6-8-26/h14-15,27-29H,4-13,16,26H2,1-3H3. The van der Waals surface area contributed by atoms with Crippen LogP contribution in [-0.2, 0) is 6.54 Å². The van der Waals surface area contributed by atoms with Crippen molar-refractivity contribution < 1.29 is 8.83 Å². The second kappa shape index (κ2) is 12.2. The molecule has 2 heterocycles. The minimum atomic E-state index is -0.324. The fourth-order valence-corrected chi connectivity index (χ4v) is 4.04. The Hall–Kier alpha value is -2.19. The van der Waals surface area contributed by atoms with Gasteiger partial charge < -0.3 is 30.5 Å². The van der Waals surface area contributed by atoms with Crippen molar-refractivity contribution in [1.82, 2.24) is 16.0 Å². The predicted octanol–water partition coefficient (Wildman–Crippen LogP) is 3.25. The van der Waals surface area contributed by atoms with Gasteiger partial charge in [-0.15, -0.1) is 0 Å². The van der Waals surface area contributed by atoms with Gasteiger partial charge in [0.15, 0.2) is 0 Å². The highest BCUT2D eigenvalue weighted by Crippen LogP contribution is 2.34. The molecule has 1 aromatic carbocycles. The third-order valence-electron chi connectivity index (χ3n) is 5.98. The van der Waals surface area contributed by atoms with E-state index >= 15 is 0 Å². The van der Waals surface area contributed by atoms with E-state index in [0.717, 1.165) is 90.9 Å². The number of nitrogens with two attached hydrogens (primary N) is 1. The number of rotatable bonds is 14. The molecular weight excluding hydrogens is 404 g/mol. The first kappa shape index (κ1) is 24.5. The van der Waals surface area contributed by atoms with E-state index in [1.54, 1.807) is 6.07 Å². The van der Waals surface area contributed by atoms with Crippen LogP contribution in [0.2, 0.25) is 0 Å². The number of benzene rings is 1. The molecule has 0 spiro atoms. The first-order chi connectivity index (χ1) is 15.5. The summed E-state index contributed by atoms with van der Waals surface area (Å²) in [6, 6.07) is 3.62. The molecule has 2 aromatic heterocycles. The molecule has 5 N–H and O–H groups in total. The van der Waals surface area contributed by atoms with Gasteiger partial charge in [0, 0.05) is 22.4 Å². The van der Waals surface area contributed by atoms with Crippen molar-refractivity contribution in [2.24, 2.45) is 5.73 Å². The Morgan fingerprint density at radius 2 is 1.38 bits per heavy atom. The zero-order chi connectivity index (χ0) is 22.9. The molecule has 0 unspecified atom stereocenters. The highest BCUT2D eigenvalue weighted by Gasteiger charge is 2.17. The van der Waals surface area contributed by atoms with Crippen LogP contribution in [0.5, 0.6) is 0 Å². The van der Waals surface area contributed by atoms with Crippen LogP contribution in [-0.4, -0.2) is 39.3 Å². The monoisotopic (exact) mass is 442 g/mol. The molecular formula is C25H38N4O3. The normalized spacial score (nSPS) is 11.8. The van der Waals surface area contributed by atoms with Crippen molar-refractivity contribution in [3.63, 3.8) is 0 Å². The lowest BCUT2D eigenvalue weighted by molar-refractivity contribution is 0.498. The lowest BCUT2D eigenvalue weighted by Gasteiger charge is -2.07. The van der Waals surface area contributed by atoms with Gasteiger partial charge in [0.2, 0.25) is 0 Å². The van der Waals surface area contributed by atoms with Gasteiger partial charge in [-0.25, -0.2) is 4.79 Å². The van der Waals surface area contributed by atoms with Gasteiger partial charge in [0.25, 0.3) is 0 Å². The Balaban J connectivity index is 1.43. The average Bonchev–Trinajstić information content (AvgIpc) is 3.08. The number of nitrogens with one attached hydrogen (secondary N) is 3. The highest BCUT2D eigenvalue weighted by atomic mass is 16.4. The molecule has 0 fully saturated rings. The van der Waals surface area contributed by atoms with E-state index in [0.29, 0.717) is 12.1 Å². The molecule has 0 amide bonds. The Morgan fingerprint density at radius 3 is 2.09 bits per heavy atom. The SMILES string of the molecule is Cc1cc(=O)oc2c(C)c3oc(CNCCCNCCCCNCCCN)c(C)c3cc12. The fraction of sp³-hybridized carbons (Fsp3) is 0.560. The molecule has 3 aromatic rings. The van der Waals surface area contributed by atoms with E-state index in [1.165, 1.54) is 12.8 Å². The topological polar surface area (TPSA) is 105 Å². The van der Waals surface area contributed by atoms with Crippen LogP contribution in [0, 0.1) is 20.8 Å². The van der Waals surface area contributed by atoms with E-state index in [9.17, 15) is 4.79 Å². The van der Waals surface area contributed by atoms with Crippen LogP contribution in [0.3, 0.4) is 0 Å². The molecule has 7 nitrogen and oxygen atoms in total. The van der Waals surface area contributed by atoms with Crippen molar-refractivity contribution >= 4 is 21.9 Å². The van der Waals surface area contributed by atoms with Gasteiger partial charge in [0.1, 0.15) is 16.9 Å². The van der Waals surface area contributed by atoms with Crippen LogP contribution in [0.15, 0.2) is 25.8 Å². The summed E-state index contributed by atoms with van der Waals surface area (Å²) in [5.74, 6) is 0.938. The van der Waals surface area contributed by atoms with Gasteiger partial charge in [0.05, 0.1) is 6.54 Å². The number of hydrogen-bond donors (Lipinski definition) is 4. The molecule has 0 radical (unpaired) electrons. The van der Waals surface area contributed by atoms with Crippen molar-refractivity contribution in [1.29, 1.82) is 0 Å². The molecule has 7 heteroatoms. The first-order valence-electron chi connectivity index (χ1n) is 11.8. The predicted molar refractivity (Wildman–Crippen MR) is 131 cm³/mol. The molecule has 0 aliphatic rings. The maximum atomic E-state index is 11.8. The smallest absolute Gasteiger partial charge is 0.336 e. The average molecular weight is 443 g/mol. The van der Waals surface area contributed by atoms with E-state index in [1.807, 2.05) is 13.8 Å². The number of fused-ring (bicyclic) bond motifs is 2. The van der Waals surface area contributed by atoms with Crippen molar-refractivity contribution in [3.05, 3.63) is 45.0 Å². The molecule has 0 atom stereocenters. The number of hydrogen-bond acceptors (Lipinski definition) is 7. The van der Waals surface area contributed by atoms with Crippen molar-refractivity contribution in [2.75, 3.05) is 39.3 Å². The lowest BCUT2D eigenvalue weighted by atomic mass is 10.0. The molecule has 0 aliphatic carbocycles. The van der Waals surface area contributed by atoms with Crippen LogP contribution >= 0.6 is 0 Å². The maximum absolute atomic E-state index is 11.8. The van der Waals surface area contributed by atoms with Crippen molar-refractivity contribution in [3.8, 4) is 0 Å². The quantitative estimate of drug-likeness (QED) is 0.224. The summed E-state index contributed by atoms with van der Waals surface area (Å²) in [6.45, 7) is 12.5. The van der Waals surface area contributed by atoms with Gasteiger partial charge in [-0.05, 0) is 103 Å². The zero-order valence-electron chi connectivity index (χ0n) is 19.7. The molecule has 32 heavy (non-hydrogen) atoms. The lowest BCUT2D eigenvalue weighted by Crippen LogP contribution is -2.24. The van der Waals surface area contributed by atoms with Gasteiger partial charge in [-0.3, -0.25) is 0 Å². The molecule has 0 saturated carbocycles. The number of unbranched alkanes of at least 4 members (excludes halogenated alkanes) is 1. The Bertz CT molecular complexity index is 1070. The first-order valence-corrected chi connectivity index (χ1v) is 11.8. The minimum Gasteiger partial charge on any atom is -0.459 e. The van der Waals surface area contributed by atoms with E-state index in [-0.39, 0.29) is 5.63 Å². The van der Waals surface area contributed by atoms with E-state index in [4.69, 9.17) is 14.6 Å². The van der Waals surface area contributed by atoms with E-state index < -0.39 is 0 Å². The van der Waals surface area contributed by atoms with Crippen molar-refractivity contribution in [2.45, 2.75) is 53.0 Å². The summed E-state index contributed by atoms with van der Waals surface area (Å²) in [5.41, 5.74) is 9.53. The van der Waals surface area contributed by atoms with Gasteiger partial charge >= 0.3 is 5.63 Å². The Kier molecular flexibility index (Phi) is 9.29. The van der Waals surface area contributed by atoms with Crippen LogP contribution in [0.25, 0.3) is 21.9 Å². The molecule has 3 rings (SSSR count). The van der Waals surface area contributed by atoms with Crippen LogP contribution in [0.4, 0.5) is 0 Å². The summed E-state index contributed by atoms with van der Waals surface area (Å²) in [7, 11) is 0. The minimum absolute atomic E-state index is 0.324. The fourth-order valence-electron chi connectivity index (χ4n) is 4.04. The van der Waals surface area contributed by atoms with Gasteiger partial charge in [-0.1, -0.05) is 0 Å². The number of aryl methyl sites for hydroxylation is 3. The van der Waals surface area contributed by atoms with Gasteiger partial charge in [-0.2, -0.15) is 0 Å². The summed E-state index contributed by atoms with van der Waals surface area (Å²) in [4.78, 5) is 11.8. The zero-order valence-corrected chi connectivity index (χ0v) is 19.7. The van der Waals surface area contributed by atoms with E-state index in [2.05, 4.69) is 28.9 Å². The molecule has 0 bridgehead atoms. The largest absolute Gasteiger partial charge is 0.459 e. The third kappa shape index (κ3) is 6.19. The molecule has 0 saturated heterocycles. The third-order valence-corrected chi connectivity index (χ3v) is 5.98. The second-order valence-electron chi connectivity index (χ2n) is 8.53. The van der Waals surface area contributed by atoms with Crippen LogP contribution in [0.1, 0.15) is 48.1 Å². The molecule has 0 aliphatic heterocycles.